The van der Waals surface area contributed by atoms with Gasteiger partial charge < -0.3 is 14.9 Å². The number of hydrogen-bond acceptors (Lipinski definition) is 4. The summed E-state index contributed by atoms with van der Waals surface area (Å²) in [5.74, 6) is 0.650. The van der Waals surface area contributed by atoms with Crippen molar-refractivity contribution in [2.45, 2.75) is 0 Å². The second-order valence-electron chi connectivity index (χ2n) is 2.36. The van der Waals surface area contributed by atoms with Gasteiger partial charge in [-0.25, -0.2) is 0 Å². The minimum absolute atomic E-state index is 0.162. The van der Waals surface area contributed by atoms with Gasteiger partial charge in [-0.15, -0.1) is 0 Å². The Morgan fingerprint density at radius 1 is 1.50 bits per heavy atom. The maximum absolute atomic E-state index is 5.38. The highest BCUT2D eigenvalue weighted by atomic mass is 16.5. The third-order valence-electron chi connectivity index (χ3n) is 1.62. The number of methoxy groups -OCH3 is 1. The fraction of sp³-hybridized carbons (Fsp3) is 0.125. The molecular weight excluding hydrogens is 156 g/mol. The van der Waals surface area contributed by atoms with Crippen LogP contribution in [0.25, 0.3) is 11.1 Å². The molecule has 0 fully saturated rings. The van der Waals surface area contributed by atoms with Crippen molar-refractivity contribution < 1.29 is 9.15 Å². The van der Waals surface area contributed by atoms with E-state index in [1.54, 1.807) is 13.2 Å². The molecule has 0 atom stereocenters. The number of rotatable bonds is 1. The first-order valence-electron chi connectivity index (χ1n) is 3.50. The molecule has 4 nitrogen and oxygen atoms in total. The van der Waals surface area contributed by atoms with Crippen LogP contribution in [0.1, 0.15) is 0 Å². The molecule has 0 bridgehead atoms. The zero-order valence-electron chi connectivity index (χ0n) is 6.57. The molecule has 0 saturated carbocycles. The van der Waals surface area contributed by atoms with Gasteiger partial charge in [-0.3, -0.25) is 0 Å². The Labute approximate surface area is 68.9 Å². The summed E-state index contributed by atoms with van der Waals surface area (Å²) in [5, 5.41) is 0. The van der Waals surface area contributed by atoms with Crippen molar-refractivity contribution in [1.29, 1.82) is 0 Å². The SMILES string of the molecule is COc1cccc2nc(N)oc12. The van der Waals surface area contributed by atoms with Crippen LogP contribution >= 0.6 is 0 Å². The lowest BCUT2D eigenvalue weighted by atomic mass is 10.3. The van der Waals surface area contributed by atoms with E-state index in [0.717, 1.165) is 0 Å². The molecule has 0 aliphatic carbocycles. The standard InChI is InChI=1S/C8H8N2O2/c1-11-6-4-2-3-5-7(6)12-8(9)10-5/h2-4H,1H3,(H2,9,10). The summed E-state index contributed by atoms with van der Waals surface area (Å²) in [6.07, 6.45) is 0. The van der Waals surface area contributed by atoms with Gasteiger partial charge in [0, 0.05) is 0 Å². The highest BCUT2D eigenvalue weighted by Gasteiger charge is 2.06. The normalized spacial score (nSPS) is 10.4. The molecule has 2 rings (SSSR count). The molecule has 1 aromatic heterocycles. The number of fused-ring (bicyclic) bond motifs is 1. The predicted molar refractivity (Wildman–Crippen MR) is 45.0 cm³/mol. The average molecular weight is 164 g/mol. The van der Waals surface area contributed by atoms with Crippen LogP contribution in [0.2, 0.25) is 0 Å². The van der Waals surface area contributed by atoms with Crippen LogP contribution in [0.3, 0.4) is 0 Å². The zero-order valence-corrected chi connectivity index (χ0v) is 6.57. The molecule has 12 heavy (non-hydrogen) atoms. The number of nitrogens with zero attached hydrogens (tertiary/aromatic N) is 1. The number of oxazole rings is 1. The lowest BCUT2D eigenvalue weighted by Gasteiger charge is -1.96. The number of benzene rings is 1. The summed E-state index contributed by atoms with van der Waals surface area (Å²) >= 11 is 0. The molecule has 1 aromatic carbocycles. The van der Waals surface area contributed by atoms with Crippen molar-refractivity contribution in [3.8, 4) is 5.75 Å². The number of aromatic nitrogens is 1. The molecule has 0 spiro atoms. The van der Waals surface area contributed by atoms with Gasteiger partial charge in [0.1, 0.15) is 5.52 Å². The quantitative estimate of drug-likeness (QED) is 0.692. The van der Waals surface area contributed by atoms with Gasteiger partial charge in [-0.05, 0) is 12.1 Å². The van der Waals surface area contributed by atoms with Crippen LogP contribution in [-0.2, 0) is 0 Å². The van der Waals surface area contributed by atoms with Gasteiger partial charge in [0.05, 0.1) is 7.11 Å². The third kappa shape index (κ3) is 0.887. The average Bonchev–Trinajstić information content (AvgIpc) is 2.44. The fourth-order valence-electron chi connectivity index (χ4n) is 1.10. The second-order valence-corrected chi connectivity index (χ2v) is 2.36. The first-order valence-corrected chi connectivity index (χ1v) is 3.50. The second kappa shape index (κ2) is 2.41. The Kier molecular flexibility index (Phi) is 1.40. The van der Waals surface area contributed by atoms with Crippen molar-refractivity contribution in [3.63, 3.8) is 0 Å². The largest absolute Gasteiger partial charge is 0.493 e. The monoisotopic (exact) mass is 164 g/mol. The summed E-state index contributed by atoms with van der Waals surface area (Å²) in [6.45, 7) is 0. The van der Waals surface area contributed by atoms with Crippen LogP contribution in [-0.4, -0.2) is 12.1 Å². The zero-order chi connectivity index (χ0) is 8.55. The molecule has 2 aromatic rings. The van der Waals surface area contributed by atoms with Crippen LogP contribution in [0.5, 0.6) is 5.75 Å². The van der Waals surface area contributed by atoms with Crippen molar-refractivity contribution in [2.24, 2.45) is 0 Å². The summed E-state index contributed by atoms with van der Waals surface area (Å²) in [5.41, 5.74) is 6.69. The third-order valence-corrected chi connectivity index (χ3v) is 1.62. The number of hydrogen-bond donors (Lipinski definition) is 1. The highest BCUT2D eigenvalue weighted by molar-refractivity contribution is 5.80. The van der Waals surface area contributed by atoms with E-state index in [4.69, 9.17) is 14.9 Å². The van der Waals surface area contributed by atoms with E-state index in [1.165, 1.54) is 0 Å². The maximum Gasteiger partial charge on any atom is 0.293 e. The van der Waals surface area contributed by atoms with E-state index in [0.29, 0.717) is 16.8 Å². The Bertz CT molecular complexity index is 408. The molecule has 0 aliphatic heterocycles. The number of anilines is 1. The summed E-state index contributed by atoms with van der Waals surface area (Å²) in [4.78, 5) is 3.95. The van der Waals surface area contributed by atoms with Gasteiger partial charge in [-0.2, -0.15) is 4.98 Å². The van der Waals surface area contributed by atoms with Crippen molar-refractivity contribution in [1.82, 2.24) is 4.98 Å². The Morgan fingerprint density at radius 2 is 2.33 bits per heavy atom. The molecule has 4 heteroatoms. The van der Waals surface area contributed by atoms with Crippen LogP contribution < -0.4 is 10.5 Å². The summed E-state index contributed by atoms with van der Waals surface area (Å²) < 4.78 is 10.2. The van der Waals surface area contributed by atoms with Gasteiger partial charge in [0.15, 0.2) is 11.3 Å². The van der Waals surface area contributed by atoms with E-state index in [9.17, 15) is 0 Å². The van der Waals surface area contributed by atoms with E-state index in [1.807, 2.05) is 12.1 Å². The molecule has 0 saturated heterocycles. The Balaban J connectivity index is 2.78. The number of nitrogen functional groups attached to an aromatic ring is 1. The molecule has 0 unspecified atom stereocenters. The lowest BCUT2D eigenvalue weighted by Crippen LogP contribution is -1.81. The molecule has 1 heterocycles. The van der Waals surface area contributed by atoms with Crippen LogP contribution in [0, 0.1) is 0 Å². The Morgan fingerprint density at radius 3 is 3.08 bits per heavy atom. The van der Waals surface area contributed by atoms with Gasteiger partial charge >= 0.3 is 0 Å². The lowest BCUT2D eigenvalue weighted by molar-refractivity contribution is 0.411. The molecule has 0 radical (unpaired) electrons. The highest BCUT2D eigenvalue weighted by Crippen LogP contribution is 2.26. The van der Waals surface area contributed by atoms with Crippen molar-refractivity contribution in [3.05, 3.63) is 18.2 Å². The van der Waals surface area contributed by atoms with Crippen LogP contribution in [0.15, 0.2) is 22.6 Å². The van der Waals surface area contributed by atoms with Crippen molar-refractivity contribution >= 4 is 17.1 Å². The predicted octanol–water partition coefficient (Wildman–Crippen LogP) is 1.42. The van der Waals surface area contributed by atoms with E-state index < -0.39 is 0 Å². The van der Waals surface area contributed by atoms with E-state index >= 15 is 0 Å². The van der Waals surface area contributed by atoms with Gasteiger partial charge in [-0.1, -0.05) is 6.07 Å². The minimum Gasteiger partial charge on any atom is -0.493 e. The fourth-order valence-corrected chi connectivity index (χ4v) is 1.10. The summed E-state index contributed by atoms with van der Waals surface area (Å²) in [6, 6.07) is 5.61. The number of ether oxygens (including phenoxy) is 1. The molecule has 0 amide bonds. The van der Waals surface area contributed by atoms with Crippen LogP contribution in [0.4, 0.5) is 6.01 Å². The topological polar surface area (TPSA) is 61.3 Å². The molecule has 2 N–H and O–H groups in total. The summed E-state index contributed by atoms with van der Waals surface area (Å²) in [7, 11) is 1.58. The first kappa shape index (κ1) is 6.97. The Hall–Kier alpha value is -1.71. The molecule has 0 aliphatic rings. The molecular formula is C8H8N2O2. The smallest absolute Gasteiger partial charge is 0.293 e. The van der Waals surface area contributed by atoms with Crippen molar-refractivity contribution in [2.75, 3.05) is 12.8 Å². The van der Waals surface area contributed by atoms with Gasteiger partial charge in [0.2, 0.25) is 0 Å². The maximum atomic E-state index is 5.38. The molecule has 62 valence electrons. The minimum atomic E-state index is 0.162. The van der Waals surface area contributed by atoms with E-state index in [-0.39, 0.29) is 6.01 Å². The number of para-hydroxylation sites is 1. The van der Waals surface area contributed by atoms with E-state index in [2.05, 4.69) is 4.98 Å². The first-order chi connectivity index (χ1) is 5.81. The number of nitrogens with two attached hydrogens (primary N) is 1. The van der Waals surface area contributed by atoms with Gasteiger partial charge in [0.25, 0.3) is 6.01 Å².